The monoisotopic (exact) mass is 211 g/mol. The van der Waals surface area contributed by atoms with E-state index >= 15 is 0 Å². The minimum atomic E-state index is -0.755. The van der Waals surface area contributed by atoms with E-state index in [4.69, 9.17) is 5.21 Å². The number of aliphatic carboxylic acids is 1. The van der Waals surface area contributed by atoms with Crippen LogP contribution in [0.1, 0.15) is 40.0 Å². The first kappa shape index (κ1) is 10.5. The molecule has 4 heteroatoms. The second-order valence-electron chi connectivity index (χ2n) is 5.57. The summed E-state index contributed by atoms with van der Waals surface area (Å²) >= 11 is 0. The molecule has 0 amide bonds. The zero-order valence-electron chi connectivity index (χ0n) is 9.37. The van der Waals surface area contributed by atoms with Crippen molar-refractivity contribution >= 4 is 11.7 Å². The third-order valence-electron chi connectivity index (χ3n) is 5.26. The van der Waals surface area contributed by atoms with Crippen molar-refractivity contribution in [3.8, 4) is 0 Å². The van der Waals surface area contributed by atoms with Gasteiger partial charge in [-0.25, -0.2) is 0 Å². The first-order chi connectivity index (χ1) is 6.82. The molecule has 2 N–H and O–H groups in total. The molecule has 0 aromatic carbocycles. The second kappa shape index (κ2) is 2.54. The topological polar surface area (TPSA) is 69.9 Å². The van der Waals surface area contributed by atoms with Gasteiger partial charge in [0, 0.05) is 11.8 Å². The number of carboxylic acid groups (broad SMARTS) is 1. The predicted molar refractivity (Wildman–Crippen MR) is 55.0 cm³/mol. The molecule has 0 radical (unpaired) electrons. The number of hydrogen-bond acceptors (Lipinski definition) is 3. The van der Waals surface area contributed by atoms with Crippen LogP contribution in [-0.4, -0.2) is 22.0 Å². The van der Waals surface area contributed by atoms with Gasteiger partial charge in [0.05, 0.1) is 11.1 Å². The van der Waals surface area contributed by atoms with Gasteiger partial charge in [0.25, 0.3) is 0 Å². The van der Waals surface area contributed by atoms with Crippen molar-refractivity contribution in [3.63, 3.8) is 0 Å². The van der Waals surface area contributed by atoms with Crippen LogP contribution >= 0.6 is 0 Å². The highest BCUT2D eigenvalue weighted by Gasteiger charge is 2.72. The van der Waals surface area contributed by atoms with E-state index in [0.717, 1.165) is 6.42 Å². The summed E-state index contributed by atoms with van der Waals surface area (Å²) in [5.74, 6) is -0.755. The average Bonchev–Trinajstić information content (AvgIpc) is 2.46. The quantitative estimate of drug-likeness (QED) is 0.515. The number of nitrogens with zero attached hydrogens (tertiary/aromatic N) is 1. The van der Waals surface area contributed by atoms with Crippen LogP contribution in [0.5, 0.6) is 0 Å². The molecule has 0 spiro atoms. The van der Waals surface area contributed by atoms with Crippen LogP contribution in [0.4, 0.5) is 0 Å². The van der Waals surface area contributed by atoms with E-state index in [2.05, 4.69) is 5.16 Å². The largest absolute Gasteiger partial charge is 0.481 e. The highest BCUT2D eigenvalue weighted by atomic mass is 16.4. The second-order valence-corrected chi connectivity index (χ2v) is 5.57. The number of rotatable bonds is 1. The Morgan fingerprint density at radius 1 is 1.33 bits per heavy atom. The molecular formula is C11H17NO3. The Labute approximate surface area is 89.0 Å². The molecule has 0 heterocycles. The maximum absolute atomic E-state index is 11.5. The van der Waals surface area contributed by atoms with Gasteiger partial charge >= 0.3 is 5.97 Å². The fraction of sp³-hybridized carbons (Fsp3) is 0.818. The van der Waals surface area contributed by atoms with Crippen LogP contribution in [0.2, 0.25) is 0 Å². The van der Waals surface area contributed by atoms with Gasteiger partial charge in [-0.3, -0.25) is 4.79 Å². The van der Waals surface area contributed by atoms with Gasteiger partial charge in [-0.15, -0.1) is 0 Å². The van der Waals surface area contributed by atoms with Gasteiger partial charge in [-0.2, -0.15) is 0 Å². The highest BCUT2D eigenvalue weighted by molar-refractivity contribution is 6.00. The smallest absolute Gasteiger partial charge is 0.310 e. The van der Waals surface area contributed by atoms with Gasteiger partial charge in [0.1, 0.15) is 0 Å². The third kappa shape index (κ3) is 0.840. The van der Waals surface area contributed by atoms with Crippen molar-refractivity contribution in [2.45, 2.75) is 40.0 Å². The Morgan fingerprint density at radius 3 is 2.27 bits per heavy atom. The molecular weight excluding hydrogens is 194 g/mol. The van der Waals surface area contributed by atoms with Gasteiger partial charge in [0.2, 0.25) is 0 Å². The molecule has 2 aliphatic rings. The molecule has 2 rings (SSSR count). The Bertz CT molecular complexity index is 361. The summed E-state index contributed by atoms with van der Waals surface area (Å²) in [7, 11) is 0. The van der Waals surface area contributed by atoms with Crippen molar-refractivity contribution in [3.05, 3.63) is 0 Å². The van der Waals surface area contributed by atoms with E-state index in [-0.39, 0.29) is 10.8 Å². The molecule has 2 bridgehead atoms. The van der Waals surface area contributed by atoms with Crippen LogP contribution < -0.4 is 0 Å². The molecule has 0 aliphatic heterocycles. The molecule has 2 fully saturated rings. The Kier molecular flexibility index (Phi) is 1.77. The van der Waals surface area contributed by atoms with E-state index in [1.807, 2.05) is 20.8 Å². The average molecular weight is 211 g/mol. The molecule has 2 saturated carbocycles. The van der Waals surface area contributed by atoms with Crippen molar-refractivity contribution in [1.82, 2.24) is 0 Å². The first-order valence-corrected chi connectivity index (χ1v) is 5.27. The summed E-state index contributed by atoms with van der Waals surface area (Å²) in [5.41, 5.74) is -0.683. The molecule has 2 aliphatic carbocycles. The summed E-state index contributed by atoms with van der Waals surface area (Å²) < 4.78 is 0. The minimum Gasteiger partial charge on any atom is -0.481 e. The maximum Gasteiger partial charge on any atom is 0.310 e. The summed E-state index contributed by atoms with van der Waals surface area (Å²) in [4.78, 5) is 11.5. The van der Waals surface area contributed by atoms with Gasteiger partial charge < -0.3 is 10.3 Å². The fourth-order valence-electron chi connectivity index (χ4n) is 3.51. The molecule has 15 heavy (non-hydrogen) atoms. The first-order valence-electron chi connectivity index (χ1n) is 5.27. The SMILES string of the molecule is CC1(C)[C@]2(C(=O)O)CC[C@]1(C)/C(=N\O)C2. The lowest BCUT2D eigenvalue weighted by Gasteiger charge is -2.37. The van der Waals surface area contributed by atoms with Crippen LogP contribution in [0.15, 0.2) is 5.16 Å². The molecule has 2 atom stereocenters. The third-order valence-corrected chi connectivity index (χ3v) is 5.26. The number of carbonyl (C=O) groups is 1. The summed E-state index contributed by atoms with van der Waals surface area (Å²) in [5, 5.41) is 21.7. The molecule has 0 saturated heterocycles. The van der Waals surface area contributed by atoms with Crippen LogP contribution in [0.25, 0.3) is 0 Å². The standard InChI is InChI=1S/C11H17NO3/c1-9(2)10(3)4-5-11(9,8(13)14)6-7(10)12-15/h15H,4-6H2,1-3H3,(H,13,14)/b12-7-/t10-,11-/m1/s1. The lowest BCUT2D eigenvalue weighted by Crippen LogP contribution is -2.40. The molecule has 4 nitrogen and oxygen atoms in total. The number of oxime groups is 1. The van der Waals surface area contributed by atoms with Crippen LogP contribution in [-0.2, 0) is 4.79 Å². The van der Waals surface area contributed by atoms with E-state index in [0.29, 0.717) is 18.6 Å². The highest BCUT2D eigenvalue weighted by Crippen LogP contribution is 2.70. The Hall–Kier alpha value is -1.06. The Morgan fingerprint density at radius 2 is 1.93 bits per heavy atom. The number of fused-ring (bicyclic) bond motifs is 2. The van der Waals surface area contributed by atoms with Gasteiger partial charge in [-0.1, -0.05) is 25.9 Å². The number of carboxylic acids is 1. The molecule has 0 aromatic heterocycles. The zero-order valence-corrected chi connectivity index (χ0v) is 9.37. The van der Waals surface area contributed by atoms with E-state index in [9.17, 15) is 9.90 Å². The van der Waals surface area contributed by atoms with E-state index in [1.165, 1.54) is 0 Å². The maximum atomic E-state index is 11.5. The van der Waals surface area contributed by atoms with Crippen LogP contribution in [0.3, 0.4) is 0 Å². The van der Waals surface area contributed by atoms with Crippen molar-refractivity contribution < 1.29 is 15.1 Å². The van der Waals surface area contributed by atoms with Gasteiger partial charge in [0.15, 0.2) is 0 Å². The molecule has 0 unspecified atom stereocenters. The van der Waals surface area contributed by atoms with Crippen LogP contribution in [0, 0.1) is 16.2 Å². The van der Waals surface area contributed by atoms with E-state index in [1.54, 1.807) is 0 Å². The van der Waals surface area contributed by atoms with Gasteiger partial charge in [-0.05, 0) is 18.3 Å². The normalized spacial score (nSPS) is 44.9. The minimum absolute atomic E-state index is 0.264. The van der Waals surface area contributed by atoms with Crippen molar-refractivity contribution in [2.24, 2.45) is 21.4 Å². The number of hydrogen-bond donors (Lipinski definition) is 2. The fourth-order valence-corrected chi connectivity index (χ4v) is 3.51. The Balaban J connectivity index is 2.61. The predicted octanol–water partition coefficient (Wildman–Crippen LogP) is 2.12. The van der Waals surface area contributed by atoms with E-state index < -0.39 is 11.4 Å². The summed E-state index contributed by atoms with van der Waals surface area (Å²) in [6, 6.07) is 0. The zero-order chi connectivity index (χ0) is 11.5. The molecule has 84 valence electrons. The molecule has 0 aromatic rings. The summed E-state index contributed by atoms with van der Waals surface area (Å²) in [6.45, 7) is 5.97. The lowest BCUT2D eigenvalue weighted by molar-refractivity contribution is -0.154. The summed E-state index contributed by atoms with van der Waals surface area (Å²) in [6.07, 6.45) is 1.87. The van der Waals surface area contributed by atoms with Crippen molar-refractivity contribution in [2.75, 3.05) is 0 Å². The lowest BCUT2D eigenvalue weighted by atomic mass is 9.65. The van der Waals surface area contributed by atoms with Crippen molar-refractivity contribution in [1.29, 1.82) is 0 Å².